The average molecular weight is 391 g/mol. The van der Waals surface area contributed by atoms with Crippen LogP contribution in [-0.4, -0.2) is 9.97 Å². The van der Waals surface area contributed by atoms with Crippen LogP contribution in [0.25, 0.3) is 0 Å². The molecule has 0 bridgehead atoms. The highest BCUT2D eigenvalue weighted by Gasteiger charge is 2.37. The van der Waals surface area contributed by atoms with Crippen molar-refractivity contribution < 1.29 is 0 Å². The molecule has 1 fully saturated rings. The Bertz CT molecular complexity index is 906. The van der Waals surface area contributed by atoms with Crippen molar-refractivity contribution >= 4 is 11.6 Å². The SMILES string of the molecule is CC(C)c1ncc(Cc2ccc(C3(c4ccc(Cl)cc4)CCCC3)cc2)cn1. The molecular weight excluding hydrogens is 364 g/mol. The monoisotopic (exact) mass is 390 g/mol. The second kappa shape index (κ2) is 8.05. The van der Waals surface area contributed by atoms with E-state index in [1.165, 1.54) is 42.4 Å². The molecule has 0 N–H and O–H groups in total. The maximum atomic E-state index is 6.12. The average Bonchev–Trinajstić information content (AvgIpc) is 3.20. The Hall–Kier alpha value is -2.19. The molecule has 28 heavy (non-hydrogen) atoms. The molecule has 3 heteroatoms. The maximum Gasteiger partial charge on any atom is 0.130 e. The van der Waals surface area contributed by atoms with E-state index in [2.05, 4.69) is 60.2 Å². The predicted octanol–water partition coefficient (Wildman–Crippen LogP) is 6.70. The summed E-state index contributed by atoms with van der Waals surface area (Å²) in [4.78, 5) is 8.98. The van der Waals surface area contributed by atoms with Gasteiger partial charge in [0.15, 0.2) is 0 Å². The van der Waals surface area contributed by atoms with Gasteiger partial charge in [-0.05, 0) is 47.2 Å². The quantitative estimate of drug-likeness (QED) is 0.484. The minimum atomic E-state index is 0.130. The molecule has 0 amide bonds. The number of benzene rings is 2. The molecule has 144 valence electrons. The first kappa shape index (κ1) is 19.1. The van der Waals surface area contributed by atoms with E-state index in [9.17, 15) is 0 Å². The van der Waals surface area contributed by atoms with E-state index in [1.807, 2.05) is 24.5 Å². The summed E-state index contributed by atoms with van der Waals surface area (Å²) in [5.41, 5.74) is 5.40. The van der Waals surface area contributed by atoms with Crippen molar-refractivity contribution in [2.75, 3.05) is 0 Å². The molecular formula is C25H27ClN2. The zero-order valence-corrected chi connectivity index (χ0v) is 17.4. The van der Waals surface area contributed by atoms with E-state index in [1.54, 1.807) is 0 Å². The Morgan fingerprint density at radius 3 is 1.89 bits per heavy atom. The second-order valence-corrected chi connectivity index (χ2v) is 8.71. The van der Waals surface area contributed by atoms with Crippen LogP contribution in [-0.2, 0) is 11.8 Å². The second-order valence-electron chi connectivity index (χ2n) is 8.27. The zero-order valence-electron chi connectivity index (χ0n) is 16.7. The topological polar surface area (TPSA) is 25.8 Å². The lowest BCUT2D eigenvalue weighted by Gasteiger charge is -2.31. The number of halogens is 1. The van der Waals surface area contributed by atoms with Crippen LogP contribution in [0.4, 0.5) is 0 Å². The molecule has 2 aromatic carbocycles. The molecule has 0 atom stereocenters. The van der Waals surface area contributed by atoms with Crippen molar-refractivity contribution in [1.82, 2.24) is 9.97 Å². The lowest BCUT2D eigenvalue weighted by molar-refractivity contribution is 0.535. The number of hydrogen-bond acceptors (Lipinski definition) is 2. The molecule has 1 saturated carbocycles. The van der Waals surface area contributed by atoms with Crippen molar-refractivity contribution in [2.45, 2.75) is 57.3 Å². The van der Waals surface area contributed by atoms with Crippen LogP contribution in [0.3, 0.4) is 0 Å². The predicted molar refractivity (Wildman–Crippen MR) is 116 cm³/mol. The summed E-state index contributed by atoms with van der Waals surface area (Å²) < 4.78 is 0. The zero-order chi connectivity index (χ0) is 19.6. The molecule has 1 heterocycles. The lowest BCUT2D eigenvalue weighted by Crippen LogP contribution is -2.23. The summed E-state index contributed by atoms with van der Waals surface area (Å²) in [5, 5.41) is 0.804. The third kappa shape index (κ3) is 3.84. The molecule has 1 aliphatic carbocycles. The van der Waals surface area contributed by atoms with Crippen molar-refractivity contribution in [1.29, 1.82) is 0 Å². The first-order valence-electron chi connectivity index (χ1n) is 10.2. The van der Waals surface area contributed by atoms with Crippen molar-refractivity contribution in [2.24, 2.45) is 0 Å². The van der Waals surface area contributed by atoms with E-state index in [0.29, 0.717) is 5.92 Å². The number of rotatable bonds is 5. The fraction of sp³-hybridized carbons (Fsp3) is 0.360. The molecule has 1 aliphatic rings. The van der Waals surface area contributed by atoms with Gasteiger partial charge in [-0.1, -0.05) is 74.7 Å². The Labute approximate surface area is 173 Å². The van der Waals surface area contributed by atoms with E-state index in [4.69, 9.17) is 11.6 Å². The van der Waals surface area contributed by atoms with Gasteiger partial charge in [-0.2, -0.15) is 0 Å². The van der Waals surface area contributed by atoms with Crippen LogP contribution in [0.5, 0.6) is 0 Å². The summed E-state index contributed by atoms with van der Waals surface area (Å²) in [6, 6.07) is 17.6. The number of aromatic nitrogens is 2. The van der Waals surface area contributed by atoms with Gasteiger partial charge in [-0.25, -0.2) is 9.97 Å². The van der Waals surface area contributed by atoms with Gasteiger partial charge in [0.1, 0.15) is 5.82 Å². The van der Waals surface area contributed by atoms with Crippen LogP contribution in [0.1, 0.15) is 73.5 Å². The Balaban J connectivity index is 1.56. The van der Waals surface area contributed by atoms with Crippen LogP contribution in [0, 0.1) is 0 Å². The van der Waals surface area contributed by atoms with Crippen LogP contribution < -0.4 is 0 Å². The summed E-state index contributed by atoms with van der Waals surface area (Å²) >= 11 is 6.12. The third-order valence-electron chi connectivity index (χ3n) is 6.01. The Morgan fingerprint density at radius 1 is 0.821 bits per heavy atom. The first-order chi connectivity index (χ1) is 13.6. The van der Waals surface area contributed by atoms with Crippen molar-refractivity contribution in [3.8, 4) is 0 Å². The lowest BCUT2D eigenvalue weighted by atomic mass is 9.73. The standard InChI is InChI=1S/C25H27ClN2/c1-18(2)24-27-16-20(17-28-24)15-19-5-7-21(8-6-19)25(13-3-4-14-25)22-9-11-23(26)12-10-22/h5-12,16-18H,3-4,13-15H2,1-2H3. The summed E-state index contributed by atoms with van der Waals surface area (Å²) in [5.74, 6) is 1.27. The fourth-order valence-corrected chi connectivity index (χ4v) is 4.55. The highest BCUT2D eigenvalue weighted by atomic mass is 35.5. The van der Waals surface area contributed by atoms with E-state index < -0.39 is 0 Å². The molecule has 2 nitrogen and oxygen atoms in total. The summed E-state index contributed by atoms with van der Waals surface area (Å²) in [6.07, 6.45) is 9.77. The van der Waals surface area contributed by atoms with Gasteiger partial charge < -0.3 is 0 Å². The minimum Gasteiger partial charge on any atom is -0.241 e. The molecule has 0 radical (unpaired) electrons. The van der Waals surface area contributed by atoms with Crippen molar-refractivity contribution in [3.63, 3.8) is 0 Å². The molecule has 4 rings (SSSR count). The van der Waals surface area contributed by atoms with E-state index >= 15 is 0 Å². The Kier molecular flexibility index (Phi) is 5.50. The molecule has 0 spiro atoms. The van der Waals surface area contributed by atoms with Crippen molar-refractivity contribution in [3.05, 3.63) is 94.0 Å². The maximum absolute atomic E-state index is 6.12. The highest BCUT2D eigenvalue weighted by molar-refractivity contribution is 6.30. The molecule has 0 saturated heterocycles. The number of nitrogens with zero attached hydrogens (tertiary/aromatic N) is 2. The molecule has 1 aromatic heterocycles. The van der Waals surface area contributed by atoms with Gasteiger partial charge in [0.05, 0.1) is 0 Å². The van der Waals surface area contributed by atoms with E-state index in [0.717, 1.165) is 22.8 Å². The van der Waals surface area contributed by atoms with Gasteiger partial charge in [0.25, 0.3) is 0 Å². The largest absolute Gasteiger partial charge is 0.241 e. The van der Waals surface area contributed by atoms with Gasteiger partial charge in [-0.15, -0.1) is 0 Å². The highest BCUT2D eigenvalue weighted by Crippen LogP contribution is 2.46. The van der Waals surface area contributed by atoms with Gasteiger partial charge >= 0.3 is 0 Å². The first-order valence-corrected chi connectivity index (χ1v) is 10.6. The smallest absolute Gasteiger partial charge is 0.130 e. The van der Waals surface area contributed by atoms with E-state index in [-0.39, 0.29) is 5.41 Å². The van der Waals surface area contributed by atoms with Gasteiger partial charge in [0, 0.05) is 35.2 Å². The summed E-state index contributed by atoms with van der Waals surface area (Å²) in [7, 11) is 0. The normalized spacial score (nSPS) is 15.9. The van der Waals surface area contributed by atoms with Crippen LogP contribution in [0.15, 0.2) is 60.9 Å². The Morgan fingerprint density at radius 2 is 1.36 bits per heavy atom. The molecule has 3 aromatic rings. The number of hydrogen-bond donors (Lipinski definition) is 0. The van der Waals surface area contributed by atoms with Crippen LogP contribution in [0.2, 0.25) is 5.02 Å². The third-order valence-corrected chi connectivity index (χ3v) is 6.26. The summed E-state index contributed by atoms with van der Waals surface area (Å²) in [6.45, 7) is 4.24. The van der Waals surface area contributed by atoms with Gasteiger partial charge in [0.2, 0.25) is 0 Å². The van der Waals surface area contributed by atoms with Crippen LogP contribution >= 0.6 is 11.6 Å². The molecule has 0 aliphatic heterocycles. The fourth-order valence-electron chi connectivity index (χ4n) is 4.42. The minimum absolute atomic E-state index is 0.130. The molecule has 0 unspecified atom stereocenters. The van der Waals surface area contributed by atoms with Gasteiger partial charge in [-0.3, -0.25) is 0 Å².